The van der Waals surface area contributed by atoms with Crippen LogP contribution < -0.4 is 0 Å². The van der Waals surface area contributed by atoms with Crippen LogP contribution in [0.5, 0.6) is 0 Å². The minimum atomic E-state index is -0.920. The maximum absolute atomic E-state index is 11.5. The molecule has 1 rings (SSSR count). The normalized spacial score (nSPS) is 23.4. The van der Waals surface area contributed by atoms with Crippen LogP contribution in [0, 0.1) is 0 Å². The fourth-order valence-electron chi connectivity index (χ4n) is 3.11. The van der Waals surface area contributed by atoms with Crippen molar-refractivity contribution >= 4 is 17.9 Å². The van der Waals surface area contributed by atoms with Gasteiger partial charge in [0, 0.05) is 27.4 Å². The summed E-state index contributed by atoms with van der Waals surface area (Å²) >= 11 is 0. The van der Waals surface area contributed by atoms with Crippen LogP contribution in [0.2, 0.25) is 0 Å². The van der Waals surface area contributed by atoms with Crippen LogP contribution in [0.4, 0.5) is 0 Å². The number of ether oxygens (including phenoxy) is 5. The Morgan fingerprint density at radius 3 is 2.03 bits per heavy atom. The maximum Gasteiger partial charge on any atom is 0.303 e. The van der Waals surface area contributed by atoms with Gasteiger partial charge in [-0.1, -0.05) is 31.8 Å². The highest BCUT2D eigenvalue weighted by molar-refractivity contribution is 5.67. The Labute approximate surface area is 172 Å². The summed E-state index contributed by atoms with van der Waals surface area (Å²) in [5.74, 6) is -1.59. The molecule has 0 N–H and O–H groups in total. The van der Waals surface area contributed by atoms with Crippen LogP contribution in [-0.2, 0) is 38.1 Å². The van der Waals surface area contributed by atoms with E-state index in [9.17, 15) is 14.4 Å². The summed E-state index contributed by atoms with van der Waals surface area (Å²) in [6.07, 6.45) is 5.98. The van der Waals surface area contributed by atoms with Crippen LogP contribution in [-0.4, -0.2) is 55.7 Å². The average molecular weight is 414 g/mol. The van der Waals surface area contributed by atoms with E-state index in [4.69, 9.17) is 23.7 Å². The number of esters is 3. The van der Waals surface area contributed by atoms with E-state index in [1.165, 1.54) is 40.0 Å². The van der Waals surface area contributed by atoms with Gasteiger partial charge < -0.3 is 23.7 Å². The molecule has 0 aromatic heterocycles. The van der Waals surface area contributed by atoms with Crippen molar-refractivity contribution in [3.05, 3.63) is 12.7 Å². The van der Waals surface area contributed by atoms with E-state index < -0.39 is 42.5 Å². The summed E-state index contributed by atoms with van der Waals surface area (Å²) in [6, 6.07) is 0. The number of rotatable bonds is 14. The van der Waals surface area contributed by atoms with Gasteiger partial charge in [-0.05, 0) is 19.3 Å². The topological polar surface area (TPSA) is 97.4 Å². The van der Waals surface area contributed by atoms with Gasteiger partial charge in [-0.2, -0.15) is 0 Å². The second-order valence-electron chi connectivity index (χ2n) is 7.06. The zero-order chi connectivity index (χ0) is 21.6. The summed E-state index contributed by atoms with van der Waals surface area (Å²) in [7, 11) is 0. The van der Waals surface area contributed by atoms with Crippen molar-refractivity contribution in [3.63, 3.8) is 0 Å². The predicted molar refractivity (Wildman–Crippen MR) is 105 cm³/mol. The third-order valence-corrected chi connectivity index (χ3v) is 4.41. The lowest BCUT2D eigenvalue weighted by Crippen LogP contribution is -2.41. The third-order valence-electron chi connectivity index (χ3n) is 4.41. The van der Waals surface area contributed by atoms with Gasteiger partial charge in [-0.3, -0.25) is 14.4 Å². The van der Waals surface area contributed by atoms with E-state index in [0.29, 0.717) is 6.61 Å². The Bertz CT molecular complexity index is 533. The molecule has 1 aliphatic rings. The van der Waals surface area contributed by atoms with Crippen LogP contribution in [0.1, 0.15) is 65.7 Å². The van der Waals surface area contributed by atoms with Gasteiger partial charge in [0.2, 0.25) is 0 Å². The van der Waals surface area contributed by atoms with E-state index in [0.717, 1.165) is 25.7 Å². The van der Waals surface area contributed by atoms with E-state index in [2.05, 4.69) is 6.58 Å². The molecule has 8 nitrogen and oxygen atoms in total. The molecule has 0 unspecified atom stereocenters. The van der Waals surface area contributed by atoms with Gasteiger partial charge in [0.05, 0.1) is 0 Å². The monoisotopic (exact) mass is 414 g/mol. The van der Waals surface area contributed by atoms with Gasteiger partial charge in [0.15, 0.2) is 18.5 Å². The van der Waals surface area contributed by atoms with Gasteiger partial charge >= 0.3 is 17.9 Å². The Morgan fingerprint density at radius 2 is 1.45 bits per heavy atom. The molecule has 8 heteroatoms. The lowest BCUT2D eigenvalue weighted by molar-refractivity contribution is -0.190. The first-order valence-corrected chi connectivity index (χ1v) is 10.2. The number of carbonyl (C=O) groups excluding carboxylic acids is 3. The Kier molecular flexibility index (Phi) is 12.2. The fraction of sp³-hybridized carbons (Fsp3) is 0.762. The van der Waals surface area contributed by atoms with E-state index in [-0.39, 0.29) is 6.61 Å². The molecule has 1 fully saturated rings. The molecular formula is C21H34O8. The molecule has 1 saturated heterocycles. The molecule has 0 amide bonds. The van der Waals surface area contributed by atoms with Crippen molar-refractivity contribution in [3.8, 4) is 0 Å². The first-order chi connectivity index (χ1) is 13.8. The summed E-state index contributed by atoms with van der Waals surface area (Å²) < 4.78 is 27.1. The molecule has 0 radical (unpaired) electrons. The van der Waals surface area contributed by atoms with Crippen LogP contribution in [0.15, 0.2) is 12.7 Å². The number of unbranched alkanes of at least 4 members (excludes halogenated alkanes) is 6. The Balaban J connectivity index is 2.53. The number of carbonyl (C=O) groups is 3. The van der Waals surface area contributed by atoms with Gasteiger partial charge in [-0.25, -0.2) is 0 Å². The molecule has 0 aromatic carbocycles. The molecule has 29 heavy (non-hydrogen) atoms. The molecular weight excluding hydrogens is 380 g/mol. The van der Waals surface area contributed by atoms with Crippen molar-refractivity contribution in [2.75, 3.05) is 13.2 Å². The smallest absolute Gasteiger partial charge is 0.303 e. The first kappa shape index (κ1) is 25.1. The molecule has 0 aromatic rings. The number of allylic oxidation sites excluding steroid dienone is 1. The second kappa shape index (κ2) is 14.1. The summed E-state index contributed by atoms with van der Waals surface area (Å²) in [5.41, 5.74) is 0. The predicted octanol–water partition coefficient (Wildman–Crippen LogP) is 3.07. The lowest BCUT2D eigenvalue weighted by Gasteiger charge is -2.23. The maximum atomic E-state index is 11.5. The largest absolute Gasteiger partial charge is 0.463 e. The molecule has 4 atom stereocenters. The SMILES string of the molecule is C=CCCCCCCCCO[C@@H]1O[C@H](COC(C)=O)[C@@H](OC(C)=O)[C@H]1OC(C)=O. The number of hydrogen-bond acceptors (Lipinski definition) is 8. The fourth-order valence-corrected chi connectivity index (χ4v) is 3.11. The molecule has 166 valence electrons. The average Bonchev–Trinajstić information content (AvgIpc) is 2.94. The van der Waals surface area contributed by atoms with Crippen LogP contribution in [0.25, 0.3) is 0 Å². The number of hydrogen-bond donors (Lipinski definition) is 0. The van der Waals surface area contributed by atoms with Crippen molar-refractivity contribution in [1.29, 1.82) is 0 Å². The zero-order valence-electron chi connectivity index (χ0n) is 17.7. The molecule has 1 aliphatic heterocycles. The summed E-state index contributed by atoms with van der Waals surface area (Å²) in [4.78, 5) is 34.1. The Morgan fingerprint density at radius 1 is 0.862 bits per heavy atom. The van der Waals surface area contributed by atoms with Crippen LogP contribution in [0.3, 0.4) is 0 Å². The highest BCUT2D eigenvalue weighted by Crippen LogP contribution is 2.28. The lowest BCUT2D eigenvalue weighted by atomic mass is 10.1. The minimum absolute atomic E-state index is 0.129. The quantitative estimate of drug-likeness (QED) is 0.185. The highest BCUT2D eigenvalue weighted by atomic mass is 16.7. The zero-order valence-corrected chi connectivity index (χ0v) is 17.7. The summed E-state index contributed by atoms with van der Waals surface area (Å²) in [5, 5.41) is 0. The summed E-state index contributed by atoms with van der Waals surface area (Å²) in [6.45, 7) is 7.78. The molecule has 0 saturated carbocycles. The highest BCUT2D eigenvalue weighted by Gasteiger charge is 2.50. The van der Waals surface area contributed by atoms with E-state index >= 15 is 0 Å². The molecule has 1 heterocycles. The van der Waals surface area contributed by atoms with Crippen molar-refractivity contribution in [1.82, 2.24) is 0 Å². The van der Waals surface area contributed by atoms with Crippen molar-refractivity contribution in [2.24, 2.45) is 0 Å². The standard InChI is InChI=1S/C21H34O8/c1-5-6-7-8-9-10-11-12-13-25-21-20(28-17(4)24)19(27-16(3)23)18(29-21)14-26-15(2)22/h5,18-21H,1,6-14H2,2-4H3/t18-,19-,20-,21-/m1/s1. The molecule has 0 spiro atoms. The van der Waals surface area contributed by atoms with Gasteiger partial charge in [0.25, 0.3) is 0 Å². The third kappa shape index (κ3) is 10.4. The van der Waals surface area contributed by atoms with Crippen molar-refractivity contribution < 1.29 is 38.1 Å². The van der Waals surface area contributed by atoms with E-state index in [1.54, 1.807) is 0 Å². The first-order valence-electron chi connectivity index (χ1n) is 10.2. The van der Waals surface area contributed by atoms with Gasteiger partial charge in [-0.15, -0.1) is 6.58 Å². The molecule has 0 bridgehead atoms. The van der Waals surface area contributed by atoms with E-state index in [1.807, 2.05) is 6.08 Å². The second-order valence-corrected chi connectivity index (χ2v) is 7.06. The van der Waals surface area contributed by atoms with Crippen LogP contribution >= 0.6 is 0 Å². The molecule has 0 aliphatic carbocycles. The Hall–Kier alpha value is -1.93. The minimum Gasteiger partial charge on any atom is -0.463 e. The van der Waals surface area contributed by atoms with Crippen molar-refractivity contribution in [2.45, 2.75) is 90.3 Å². The van der Waals surface area contributed by atoms with Gasteiger partial charge in [0.1, 0.15) is 12.7 Å².